The number of piperazine rings is 1. The maximum atomic E-state index is 4.98. The van der Waals surface area contributed by atoms with Gasteiger partial charge in [0.25, 0.3) is 0 Å². The quantitative estimate of drug-likeness (QED) is 0.664. The molecule has 0 atom stereocenters. The molecule has 0 amide bonds. The average molecular weight is 382 g/mol. The minimum atomic E-state index is -0.104. The molecular formula is C26H27N3. The van der Waals surface area contributed by atoms with Crippen LogP contribution in [0.5, 0.6) is 0 Å². The first-order chi connectivity index (χ1) is 14.1. The van der Waals surface area contributed by atoms with Crippen LogP contribution in [0.15, 0.2) is 71.7 Å². The van der Waals surface area contributed by atoms with Gasteiger partial charge in [-0.05, 0) is 46.2 Å². The van der Waals surface area contributed by atoms with Gasteiger partial charge in [0.15, 0.2) is 0 Å². The Bertz CT molecular complexity index is 1100. The maximum Gasteiger partial charge on any atom is 0.0681 e. The zero-order valence-electron chi connectivity index (χ0n) is 17.2. The molecule has 0 aliphatic carbocycles. The van der Waals surface area contributed by atoms with Crippen LogP contribution >= 0.6 is 0 Å². The van der Waals surface area contributed by atoms with Gasteiger partial charge in [-0.1, -0.05) is 62.4 Å². The summed E-state index contributed by atoms with van der Waals surface area (Å²) in [5.41, 5.74) is 5.97. The summed E-state index contributed by atoms with van der Waals surface area (Å²) in [6.45, 7) is 8.83. The SMILES string of the molecule is CC1(C)C(C=Cc2ccc(N3CCNCC3)cc2)=Nc2ccc3ccccc3c21. The highest BCUT2D eigenvalue weighted by Crippen LogP contribution is 2.44. The predicted molar refractivity (Wildman–Crippen MR) is 125 cm³/mol. The first-order valence-corrected chi connectivity index (χ1v) is 10.5. The third kappa shape index (κ3) is 3.26. The van der Waals surface area contributed by atoms with Gasteiger partial charge in [0.05, 0.1) is 11.4 Å². The maximum absolute atomic E-state index is 4.98. The summed E-state index contributed by atoms with van der Waals surface area (Å²) >= 11 is 0. The van der Waals surface area contributed by atoms with Gasteiger partial charge < -0.3 is 10.2 Å². The van der Waals surface area contributed by atoms with Crippen molar-refractivity contribution in [3.05, 3.63) is 77.9 Å². The molecule has 0 radical (unpaired) electrons. The highest BCUT2D eigenvalue weighted by atomic mass is 15.2. The minimum absolute atomic E-state index is 0.104. The fourth-order valence-corrected chi connectivity index (χ4v) is 4.55. The Hall–Kier alpha value is -2.91. The van der Waals surface area contributed by atoms with Crippen molar-refractivity contribution in [3.8, 4) is 0 Å². The Morgan fingerprint density at radius 1 is 0.897 bits per heavy atom. The zero-order chi connectivity index (χ0) is 19.8. The number of nitrogens with zero attached hydrogens (tertiary/aromatic N) is 2. The van der Waals surface area contributed by atoms with E-state index in [-0.39, 0.29) is 5.41 Å². The molecule has 0 unspecified atom stereocenters. The topological polar surface area (TPSA) is 27.6 Å². The van der Waals surface area contributed by atoms with Crippen molar-refractivity contribution in [2.45, 2.75) is 19.3 Å². The number of nitrogens with one attached hydrogen (secondary N) is 1. The van der Waals surface area contributed by atoms with Crippen LogP contribution in [0, 0.1) is 0 Å². The number of allylic oxidation sites excluding steroid dienone is 1. The van der Waals surface area contributed by atoms with Crippen molar-refractivity contribution in [3.63, 3.8) is 0 Å². The molecule has 1 fully saturated rings. The van der Waals surface area contributed by atoms with Crippen molar-refractivity contribution in [1.29, 1.82) is 0 Å². The van der Waals surface area contributed by atoms with E-state index in [9.17, 15) is 0 Å². The van der Waals surface area contributed by atoms with Gasteiger partial charge in [-0.15, -0.1) is 0 Å². The lowest BCUT2D eigenvalue weighted by Crippen LogP contribution is -2.43. The lowest BCUT2D eigenvalue weighted by Gasteiger charge is -2.29. The van der Waals surface area contributed by atoms with Gasteiger partial charge in [0.2, 0.25) is 0 Å². The Kier molecular flexibility index (Phi) is 4.48. The molecule has 146 valence electrons. The molecule has 2 aliphatic rings. The van der Waals surface area contributed by atoms with Crippen molar-refractivity contribution >= 4 is 33.9 Å². The molecule has 3 heteroatoms. The van der Waals surface area contributed by atoms with E-state index in [1.54, 1.807) is 0 Å². The molecule has 1 saturated heterocycles. The second kappa shape index (κ2) is 7.16. The summed E-state index contributed by atoms with van der Waals surface area (Å²) in [5.74, 6) is 0. The van der Waals surface area contributed by atoms with Gasteiger partial charge in [-0.3, -0.25) is 4.99 Å². The summed E-state index contributed by atoms with van der Waals surface area (Å²) in [7, 11) is 0. The number of hydrogen-bond donors (Lipinski definition) is 1. The molecule has 3 aromatic carbocycles. The largest absolute Gasteiger partial charge is 0.369 e. The van der Waals surface area contributed by atoms with Crippen molar-refractivity contribution in [2.24, 2.45) is 4.99 Å². The van der Waals surface area contributed by atoms with E-state index in [1.165, 1.54) is 27.6 Å². The van der Waals surface area contributed by atoms with Crippen LogP contribution in [0.4, 0.5) is 11.4 Å². The summed E-state index contributed by atoms with van der Waals surface area (Å²) in [6, 6.07) is 21.8. The molecule has 0 aromatic heterocycles. The Morgan fingerprint density at radius 3 is 2.45 bits per heavy atom. The van der Waals surface area contributed by atoms with E-state index in [0.29, 0.717) is 0 Å². The number of rotatable bonds is 3. The lowest BCUT2D eigenvalue weighted by molar-refractivity contribution is 0.589. The number of aliphatic imine (C=N–C) groups is 1. The standard InChI is InChI=1S/C26H27N3/c1-26(2)24(28-23-13-10-20-5-3-4-6-22(20)25(23)26)14-9-19-7-11-21(12-8-19)29-17-15-27-16-18-29/h3-14,27H,15-18H2,1-2H3. The summed E-state index contributed by atoms with van der Waals surface area (Å²) in [5, 5.41) is 6.00. The first kappa shape index (κ1) is 18.1. The molecule has 0 saturated carbocycles. The number of benzene rings is 3. The molecule has 2 aliphatic heterocycles. The van der Waals surface area contributed by atoms with Crippen LogP contribution in [0.3, 0.4) is 0 Å². The normalized spacial score (nSPS) is 18.3. The van der Waals surface area contributed by atoms with E-state index < -0.39 is 0 Å². The third-order valence-corrected chi connectivity index (χ3v) is 6.22. The second-order valence-electron chi connectivity index (χ2n) is 8.46. The molecule has 3 nitrogen and oxygen atoms in total. The van der Waals surface area contributed by atoms with E-state index in [2.05, 4.69) is 96.9 Å². The minimum Gasteiger partial charge on any atom is -0.369 e. The van der Waals surface area contributed by atoms with E-state index in [0.717, 1.165) is 37.6 Å². The second-order valence-corrected chi connectivity index (χ2v) is 8.46. The molecular weight excluding hydrogens is 354 g/mol. The molecule has 29 heavy (non-hydrogen) atoms. The highest BCUT2D eigenvalue weighted by molar-refractivity contribution is 6.13. The fourth-order valence-electron chi connectivity index (χ4n) is 4.55. The average Bonchev–Trinajstić information content (AvgIpc) is 3.03. The van der Waals surface area contributed by atoms with Crippen LogP contribution in [0.1, 0.15) is 25.0 Å². The van der Waals surface area contributed by atoms with Crippen molar-refractivity contribution in [1.82, 2.24) is 5.32 Å². The fraction of sp³-hybridized carbons (Fsp3) is 0.269. The van der Waals surface area contributed by atoms with Crippen LogP contribution in [0.2, 0.25) is 0 Å². The van der Waals surface area contributed by atoms with Gasteiger partial charge in [-0.25, -0.2) is 0 Å². The molecule has 5 rings (SSSR count). The molecule has 0 bridgehead atoms. The summed E-state index contributed by atoms with van der Waals surface area (Å²) in [6.07, 6.45) is 4.38. The number of fused-ring (bicyclic) bond motifs is 3. The van der Waals surface area contributed by atoms with Gasteiger partial charge in [0.1, 0.15) is 0 Å². The molecule has 3 aromatic rings. The molecule has 0 spiro atoms. The van der Waals surface area contributed by atoms with Crippen LogP contribution < -0.4 is 10.2 Å². The van der Waals surface area contributed by atoms with E-state index >= 15 is 0 Å². The predicted octanol–water partition coefficient (Wildman–Crippen LogP) is 5.33. The van der Waals surface area contributed by atoms with E-state index in [1.807, 2.05) is 0 Å². The smallest absolute Gasteiger partial charge is 0.0681 e. The monoisotopic (exact) mass is 381 g/mol. The third-order valence-electron chi connectivity index (χ3n) is 6.22. The zero-order valence-corrected chi connectivity index (χ0v) is 17.2. The van der Waals surface area contributed by atoms with Crippen LogP contribution in [0.25, 0.3) is 16.8 Å². The Morgan fingerprint density at radius 2 is 1.66 bits per heavy atom. The molecule has 1 N–H and O–H groups in total. The summed E-state index contributed by atoms with van der Waals surface area (Å²) in [4.78, 5) is 7.42. The highest BCUT2D eigenvalue weighted by Gasteiger charge is 2.34. The van der Waals surface area contributed by atoms with Gasteiger partial charge in [-0.2, -0.15) is 0 Å². The van der Waals surface area contributed by atoms with Crippen LogP contribution in [-0.4, -0.2) is 31.9 Å². The van der Waals surface area contributed by atoms with Gasteiger partial charge >= 0.3 is 0 Å². The van der Waals surface area contributed by atoms with Crippen LogP contribution in [-0.2, 0) is 5.41 Å². The van der Waals surface area contributed by atoms with Crippen molar-refractivity contribution < 1.29 is 0 Å². The Balaban J connectivity index is 1.40. The summed E-state index contributed by atoms with van der Waals surface area (Å²) < 4.78 is 0. The van der Waals surface area contributed by atoms with E-state index in [4.69, 9.17) is 4.99 Å². The number of hydrogen-bond acceptors (Lipinski definition) is 3. The van der Waals surface area contributed by atoms with Gasteiger partial charge in [0, 0.05) is 37.3 Å². The molecule has 2 heterocycles. The Labute approximate surface area is 172 Å². The lowest BCUT2D eigenvalue weighted by atomic mass is 9.79. The van der Waals surface area contributed by atoms with Crippen molar-refractivity contribution in [2.75, 3.05) is 31.1 Å². The number of anilines is 1. The first-order valence-electron chi connectivity index (χ1n) is 10.5.